The van der Waals surface area contributed by atoms with E-state index in [1.807, 2.05) is 0 Å². The van der Waals surface area contributed by atoms with Crippen LogP contribution in [0.15, 0.2) is 77.3 Å². The van der Waals surface area contributed by atoms with Gasteiger partial charge in [-0.15, -0.1) is 0 Å². The first-order chi connectivity index (χ1) is 15.6. The van der Waals surface area contributed by atoms with Crippen molar-refractivity contribution in [1.82, 2.24) is 0 Å². The van der Waals surface area contributed by atoms with E-state index in [0.717, 1.165) is 41.0 Å². The molecule has 3 aromatic carbocycles. The van der Waals surface area contributed by atoms with Crippen LogP contribution in [-0.4, -0.2) is 13.6 Å². The number of fused-ring (bicyclic) bond motifs is 4. The van der Waals surface area contributed by atoms with Gasteiger partial charge in [0.05, 0.1) is 5.56 Å². The van der Waals surface area contributed by atoms with Gasteiger partial charge < -0.3 is 9.32 Å². The van der Waals surface area contributed by atoms with Gasteiger partial charge in [0, 0.05) is 47.7 Å². The Morgan fingerprint density at radius 3 is 2.66 bits per heavy atom. The highest BCUT2D eigenvalue weighted by atomic mass is 16.3. The summed E-state index contributed by atoms with van der Waals surface area (Å²) < 4.78 is 8.87. The number of hydrogen-bond acceptors (Lipinski definition) is 2. The number of aryl methyl sites for hydroxylation is 3. The third kappa shape index (κ3) is 2.85. The van der Waals surface area contributed by atoms with Gasteiger partial charge in [-0.05, 0) is 48.6 Å². The highest BCUT2D eigenvalue weighted by Gasteiger charge is 2.22. The number of aromatic nitrogens is 1. The fraction of sp³-hybridized carbons (Fsp3) is 0.207. The minimum absolute atomic E-state index is 0.962. The molecule has 32 heavy (non-hydrogen) atoms. The summed E-state index contributed by atoms with van der Waals surface area (Å²) in [6.45, 7) is 3.28. The van der Waals surface area contributed by atoms with E-state index in [1.54, 1.807) is 0 Å². The summed E-state index contributed by atoms with van der Waals surface area (Å²) in [6, 6.07) is 24.1. The van der Waals surface area contributed by atoms with Gasteiger partial charge in [-0.2, -0.15) is 0 Å². The fourth-order valence-electron chi connectivity index (χ4n) is 5.21. The predicted octanol–water partition coefficient (Wildman–Crippen LogP) is 6.44. The first kappa shape index (κ1) is 19.1. The van der Waals surface area contributed by atoms with Crippen molar-refractivity contribution in [2.24, 2.45) is 7.05 Å². The van der Waals surface area contributed by atoms with Gasteiger partial charge in [0.25, 0.3) is 0 Å². The van der Waals surface area contributed by atoms with Gasteiger partial charge in [0.15, 0.2) is 6.20 Å². The van der Waals surface area contributed by atoms with Crippen molar-refractivity contribution in [2.75, 3.05) is 18.5 Å². The molecule has 0 radical (unpaired) electrons. The first-order valence-electron chi connectivity index (χ1n) is 11.4. The number of nitrogens with zero attached hydrogens (tertiary/aromatic N) is 2. The summed E-state index contributed by atoms with van der Waals surface area (Å²) in [7, 11) is 4.28. The zero-order valence-electron chi connectivity index (χ0n) is 18.9. The molecule has 5 aromatic rings. The van der Waals surface area contributed by atoms with E-state index in [0.29, 0.717) is 0 Å². The molecule has 0 bridgehead atoms. The molecule has 0 aliphatic carbocycles. The van der Waals surface area contributed by atoms with Crippen molar-refractivity contribution in [3.63, 3.8) is 0 Å². The molecule has 0 unspecified atom stereocenters. The number of para-hydroxylation sites is 1. The maximum absolute atomic E-state index is 6.70. The molecular weight excluding hydrogens is 392 g/mol. The summed E-state index contributed by atoms with van der Waals surface area (Å²) in [4.78, 5) is 2.37. The summed E-state index contributed by atoms with van der Waals surface area (Å²) >= 11 is 0. The molecule has 3 nitrogen and oxygen atoms in total. The normalized spacial score (nSPS) is 13.7. The molecule has 1 aliphatic heterocycles. The summed E-state index contributed by atoms with van der Waals surface area (Å²) in [6.07, 6.45) is 4.47. The van der Waals surface area contributed by atoms with Crippen LogP contribution in [0.2, 0.25) is 0 Å². The van der Waals surface area contributed by atoms with Crippen LogP contribution < -0.4 is 9.47 Å². The van der Waals surface area contributed by atoms with Crippen molar-refractivity contribution in [3.05, 3.63) is 84.1 Å². The van der Waals surface area contributed by atoms with Gasteiger partial charge >= 0.3 is 0 Å². The number of pyridine rings is 1. The molecule has 0 saturated heterocycles. The predicted molar refractivity (Wildman–Crippen MR) is 132 cm³/mol. The summed E-state index contributed by atoms with van der Waals surface area (Å²) in [5.41, 5.74) is 10.6. The zero-order chi connectivity index (χ0) is 21.8. The van der Waals surface area contributed by atoms with Crippen molar-refractivity contribution in [2.45, 2.75) is 19.8 Å². The SMILES string of the molecule is Cc1ccc2c(oc3c(-c4ccc5c(c4)N(C)CCC5)cccc32)c1-c1cccc[n+]1C. The average molecular weight is 420 g/mol. The van der Waals surface area contributed by atoms with E-state index in [2.05, 4.69) is 103 Å². The van der Waals surface area contributed by atoms with E-state index < -0.39 is 0 Å². The van der Waals surface area contributed by atoms with Gasteiger partial charge in [0.1, 0.15) is 18.2 Å². The Balaban J connectivity index is 1.62. The van der Waals surface area contributed by atoms with Gasteiger partial charge in [-0.1, -0.05) is 42.5 Å². The lowest BCUT2D eigenvalue weighted by Gasteiger charge is -2.28. The lowest BCUT2D eigenvalue weighted by molar-refractivity contribution is -0.660. The standard InChI is InChI=1S/C29H27N2O/c1-19-12-15-24-23-10-6-9-22(21-14-13-20-8-7-17-31(3)26(20)18-21)28(23)32-29(24)27(19)25-11-4-5-16-30(25)2/h4-6,9-16,18H,7-8,17H2,1-3H3/q+1. The Hall–Kier alpha value is -3.59. The molecule has 3 heteroatoms. The van der Waals surface area contributed by atoms with Gasteiger partial charge in [-0.3, -0.25) is 0 Å². The quantitative estimate of drug-likeness (QED) is 0.307. The number of hydrogen-bond donors (Lipinski definition) is 0. The molecule has 0 N–H and O–H groups in total. The second-order valence-corrected chi connectivity index (χ2v) is 8.98. The number of furan rings is 1. The third-order valence-corrected chi connectivity index (χ3v) is 6.93. The molecular formula is C29H27N2O+. The summed E-state index contributed by atoms with van der Waals surface area (Å²) in [5.74, 6) is 0. The van der Waals surface area contributed by atoms with Crippen molar-refractivity contribution >= 4 is 27.6 Å². The fourth-order valence-corrected chi connectivity index (χ4v) is 5.21. The minimum atomic E-state index is 0.962. The van der Waals surface area contributed by atoms with E-state index in [-0.39, 0.29) is 0 Å². The first-order valence-corrected chi connectivity index (χ1v) is 11.4. The van der Waals surface area contributed by atoms with Crippen LogP contribution >= 0.6 is 0 Å². The molecule has 0 spiro atoms. The molecule has 0 amide bonds. The van der Waals surface area contributed by atoms with E-state index in [9.17, 15) is 0 Å². The summed E-state index contributed by atoms with van der Waals surface area (Å²) in [5, 5.41) is 2.34. The maximum atomic E-state index is 6.70. The van der Waals surface area contributed by atoms with Crippen LogP contribution in [0.5, 0.6) is 0 Å². The Bertz CT molecular complexity index is 1490. The Morgan fingerprint density at radius 2 is 1.78 bits per heavy atom. The number of rotatable bonds is 2. The molecule has 3 heterocycles. The number of anilines is 1. The van der Waals surface area contributed by atoms with Crippen molar-refractivity contribution in [3.8, 4) is 22.4 Å². The smallest absolute Gasteiger partial charge is 0.216 e. The minimum Gasteiger partial charge on any atom is -0.454 e. The van der Waals surface area contributed by atoms with Gasteiger partial charge in [0.2, 0.25) is 5.69 Å². The molecule has 0 atom stereocenters. The second kappa shape index (κ2) is 7.23. The Kier molecular flexibility index (Phi) is 4.32. The molecule has 0 saturated carbocycles. The third-order valence-electron chi connectivity index (χ3n) is 6.93. The molecule has 6 rings (SSSR count). The lowest BCUT2D eigenvalue weighted by Crippen LogP contribution is -2.30. The van der Waals surface area contributed by atoms with Crippen LogP contribution in [0, 0.1) is 6.92 Å². The average Bonchev–Trinajstić information content (AvgIpc) is 3.19. The monoisotopic (exact) mass is 419 g/mol. The van der Waals surface area contributed by atoms with Crippen LogP contribution in [0.1, 0.15) is 17.5 Å². The molecule has 1 aliphatic rings. The molecule has 158 valence electrons. The Labute approximate surface area is 188 Å². The van der Waals surface area contributed by atoms with Crippen molar-refractivity contribution in [1.29, 1.82) is 0 Å². The van der Waals surface area contributed by atoms with Crippen LogP contribution in [0.3, 0.4) is 0 Å². The van der Waals surface area contributed by atoms with E-state index in [4.69, 9.17) is 4.42 Å². The van der Waals surface area contributed by atoms with Gasteiger partial charge in [-0.25, -0.2) is 4.57 Å². The van der Waals surface area contributed by atoms with E-state index >= 15 is 0 Å². The molecule has 0 fully saturated rings. The zero-order valence-corrected chi connectivity index (χ0v) is 18.9. The van der Waals surface area contributed by atoms with Crippen LogP contribution in [0.4, 0.5) is 5.69 Å². The highest BCUT2D eigenvalue weighted by molar-refractivity contribution is 6.13. The largest absolute Gasteiger partial charge is 0.454 e. The van der Waals surface area contributed by atoms with Crippen LogP contribution in [0.25, 0.3) is 44.3 Å². The van der Waals surface area contributed by atoms with Crippen LogP contribution in [-0.2, 0) is 13.5 Å². The lowest BCUT2D eigenvalue weighted by atomic mass is 9.95. The maximum Gasteiger partial charge on any atom is 0.216 e. The second-order valence-electron chi connectivity index (χ2n) is 8.98. The Morgan fingerprint density at radius 1 is 0.906 bits per heavy atom. The molecule has 2 aromatic heterocycles. The highest BCUT2D eigenvalue weighted by Crippen LogP contribution is 2.41. The van der Waals surface area contributed by atoms with Crippen molar-refractivity contribution < 1.29 is 8.98 Å². The number of benzene rings is 3. The topological polar surface area (TPSA) is 20.3 Å². The van der Waals surface area contributed by atoms with E-state index in [1.165, 1.54) is 39.6 Å².